The average Bonchev–Trinajstić information content (AvgIpc) is 3.35. The zero-order valence-electron chi connectivity index (χ0n) is 19.3. The molecule has 7 heteroatoms. The predicted molar refractivity (Wildman–Crippen MR) is 134 cm³/mol. The third-order valence-corrected chi connectivity index (χ3v) is 6.55. The van der Waals surface area contributed by atoms with Gasteiger partial charge >= 0.3 is 0 Å². The summed E-state index contributed by atoms with van der Waals surface area (Å²) in [6.45, 7) is 8.64. The molecule has 0 aliphatic heterocycles. The predicted octanol–water partition coefficient (Wildman–Crippen LogP) is 5.37. The number of amides is 2. The van der Waals surface area contributed by atoms with Crippen LogP contribution >= 0.6 is 11.3 Å². The van der Waals surface area contributed by atoms with Crippen molar-refractivity contribution in [1.29, 1.82) is 0 Å². The first-order valence-corrected chi connectivity index (χ1v) is 11.7. The van der Waals surface area contributed by atoms with Crippen LogP contribution in [0, 0.1) is 12.3 Å². The molecule has 2 aromatic heterocycles. The number of thiophene rings is 1. The molecule has 0 aliphatic carbocycles. The van der Waals surface area contributed by atoms with Gasteiger partial charge in [0, 0.05) is 18.5 Å². The van der Waals surface area contributed by atoms with Crippen LogP contribution in [0.25, 0.3) is 11.0 Å². The lowest BCUT2D eigenvalue weighted by Gasteiger charge is -2.16. The first-order valence-electron chi connectivity index (χ1n) is 10.9. The minimum Gasteiger partial charge on any atom is -0.347 e. The Morgan fingerprint density at radius 3 is 2.45 bits per heavy atom. The van der Waals surface area contributed by atoms with Crippen LogP contribution in [-0.4, -0.2) is 21.4 Å². The van der Waals surface area contributed by atoms with Crippen molar-refractivity contribution in [2.75, 3.05) is 5.32 Å². The summed E-state index contributed by atoms with van der Waals surface area (Å²) in [4.78, 5) is 30.0. The van der Waals surface area contributed by atoms with Gasteiger partial charge in [-0.05, 0) is 41.8 Å². The van der Waals surface area contributed by atoms with Crippen molar-refractivity contribution in [3.63, 3.8) is 0 Å². The zero-order chi connectivity index (χ0) is 23.6. The van der Waals surface area contributed by atoms with Crippen molar-refractivity contribution in [2.45, 2.75) is 40.8 Å². The molecule has 0 fully saturated rings. The number of nitrogens with one attached hydrogen (secondary N) is 2. The van der Waals surface area contributed by atoms with E-state index in [1.807, 2.05) is 70.4 Å². The van der Waals surface area contributed by atoms with Crippen molar-refractivity contribution in [3.8, 4) is 0 Å². The van der Waals surface area contributed by atoms with Gasteiger partial charge in [0.15, 0.2) is 0 Å². The van der Waals surface area contributed by atoms with E-state index < -0.39 is 5.41 Å². The highest BCUT2D eigenvalue weighted by atomic mass is 32.1. The average molecular weight is 461 g/mol. The molecule has 0 atom stereocenters. The number of hydrogen-bond acceptors (Lipinski definition) is 4. The maximum atomic E-state index is 12.7. The van der Waals surface area contributed by atoms with Gasteiger partial charge in [-0.2, -0.15) is 0 Å². The number of rotatable bonds is 6. The molecule has 0 radical (unpaired) electrons. The summed E-state index contributed by atoms with van der Waals surface area (Å²) in [6.07, 6.45) is 1.86. The Morgan fingerprint density at radius 2 is 1.73 bits per heavy atom. The Hall–Kier alpha value is -3.45. The molecule has 2 heterocycles. The number of nitrogens with zero attached hydrogens (tertiary/aromatic N) is 2. The van der Waals surface area contributed by atoms with E-state index in [0.29, 0.717) is 16.4 Å². The fourth-order valence-electron chi connectivity index (χ4n) is 3.43. The quantitative estimate of drug-likeness (QED) is 0.406. The van der Waals surface area contributed by atoms with E-state index in [2.05, 4.69) is 38.4 Å². The summed E-state index contributed by atoms with van der Waals surface area (Å²) >= 11 is 1.30. The van der Waals surface area contributed by atoms with Crippen LogP contribution in [0.2, 0.25) is 0 Å². The lowest BCUT2D eigenvalue weighted by atomic mass is 9.96. The van der Waals surface area contributed by atoms with Crippen LogP contribution in [0.1, 0.15) is 47.1 Å². The number of aromatic nitrogens is 2. The molecule has 33 heavy (non-hydrogen) atoms. The molecule has 0 unspecified atom stereocenters. The Morgan fingerprint density at radius 1 is 1.03 bits per heavy atom. The molecule has 2 aromatic carbocycles. The maximum Gasteiger partial charge on any atom is 0.261 e. The van der Waals surface area contributed by atoms with Gasteiger partial charge in [0.2, 0.25) is 5.91 Å². The molecular weight excluding hydrogens is 432 g/mol. The van der Waals surface area contributed by atoms with Crippen molar-refractivity contribution in [3.05, 3.63) is 82.5 Å². The fraction of sp³-hybridized carbons (Fsp3) is 0.269. The van der Waals surface area contributed by atoms with Gasteiger partial charge in [-0.3, -0.25) is 9.59 Å². The van der Waals surface area contributed by atoms with E-state index in [9.17, 15) is 9.59 Å². The Balaban J connectivity index is 1.35. The first kappa shape index (κ1) is 22.7. The first-order chi connectivity index (χ1) is 15.7. The molecule has 0 saturated heterocycles. The highest BCUT2D eigenvalue weighted by Crippen LogP contribution is 2.28. The van der Waals surface area contributed by atoms with Gasteiger partial charge in [-0.25, -0.2) is 4.98 Å². The van der Waals surface area contributed by atoms with Crippen LogP contribution in [0.5, 0.6) is 0 Å². The number of para-hydroxylation sites is 2. The summed E-state index contributed by atoms with van der Waals surface area (Å²) < 4.78 is 2.13. The second-order valence-corrected chi connectivity index (χ2v) is 10.2. The summed E-state index contributed by atoms with van der Waals surface area (Å²) in [7, 11) is 0. The van der Waals surface area contributed by atoms with Crippen LogP contribution in [0.3, 0.4) is 0 Å². The lowest BCUT2D eigenvalue weighted by molar-refractivity contribution is -0.123. The highest BCUT2D eigenvalue weighted by Gasteiger charge is 2.23. The van der Waals surface area contributed by atoms with Crippen molar-refractivity contribution < 1.29 is 9.59 Å². The second kappa shape index (κ2) is 9.19. The molecule has 0 saturated carbocycles. The summed E-state index contributed by atoms with van der Waals surface area (Å²) in [5, 5.41) is 6.57. The molecule has 4 aromatic rings. The molecular formula is C26H28N4O2S. The molecule has 2 amide bonds. The molecule has 0 aliphatic rings. The van der Waals surface area contributed by atoms with Crippen molar-refractivity contribution >= 4 is 39.2 Å². The summed E-state index contributed by atoms with van der Waals surface area (Å²) in [5.74, 6) is -0.206. The molecule has 4 rings (SSSR count). The smallest absolute Gasteiger partial charge is 0.261 e. The third kappa shape index (κ3) is 5.31. The molecule has 2 N–H and O–H groups in total. The highest BCUT2D eigenvalue weighted by molar-refractivity contribution is 7.18. The van der Waals surface area contributed by atoms with Crippen LogP contribution < -0.4 is 10.6 Å². The van der Waals surface area contributed by atoms with Crippen molar-refractivity contribution in [1.82, 2.24) is 14.9 Å². The van der Waals surface area contributed by atoms with Gasteiger partial charge in [-0.15, -0.1) is 11.3 Å². The van der Waals surface area contributed by atoms with E-state index in [0.717, 1.165) is 28.7 Å². The monoisotopic (exact) mass is 460 g/mol. The Bertz CT molecular complexity index is 1300. The normalized spacial score (nSPS) is 11.5. The van der Waals surface area contributed by atoms with Crippen LogP contribution in [0.15, 0.2) is 60.9 Å². The second-order valence-electron chi connectivity index (χ2n) is 9.19. The minimum absolute atomic E-state index is 0.0699. The minimum atomic E-state index is -0.489. The third-order valence-electron chi connectivity index (χ3n) is 5.40. The van der Waals surface area contributed by atoms with Gasteiger partial charge < -0.3 is 15.2 Å². The maximum absolute atomic E-state index is 12.7. The fourth-order valence-corrected chi connectivity index (χ4v) is 4.41. The van der Waals surface area contributed by atoms with E-state index in [1.54, 1.807) is 0 Å². The molecule has 0 bridgehead atoms. The number of anilines is 1. The van der Waals surface area contributed by atoms with Crippen LogP contribution in [-0.2, 0) is 17.9 Å². The SMILES string of the molecule is Cc1cc(NC(=O)C(C)(C)C)sc1C(=O)NCc1ccc(Cn2cnc3ccccc32)cc1. The van der Waals surface area contributed by atoms with Gasteiger partial charge in [0.1, 0.15) is 0 Å². The van der Waals surface area contributed by atoms with E-state index in [1.165, 1.54) is 16.9 Å². The Labute approximate surface area is 197 Å². The Kier molecular flexibility index (Phi) is 6.33. The number of carbonyl (C=O) groups is 2. The number of fused-ring (bicyclic) bond motifs is 1. The zero-order valence-corrected chi connectivity index (χ0v) is 20.1. The van der Waals surface area contributed by atoms with Gasteiger partial charge in [-0.1, -0.05) is 57.2 Å². The number of carbonyl (C=O) groups excluding carboxylic acids is 2. The molecule has 6 nitrogen and oxygen atoms in total. The van der Waals surface area contributed by atoms with E-state index in [4.69, 9.17) is 0 Å². The standard InChI is InChI=1S/C26H28N4O2S/c1-17-13-22(29-25(32)26(2,3)4)33-23(17)24(31)27-14-18-9-11-19(12-10-18)15-30-16-28-20-7-5-6-8-21(20)30/h5-13,16H,14-15H2,1-4H3,(H,27,31)(H,29,32). The number of benzene rings is 2. The molecule has 0 spiro atoms. The molecule has 170 valence electrons. The number of imidazole rings is 1. The van der Waals surface area contributed by atoms with E-state index >= 15 is 0 Å². The lowest BCUT2D eigenvalue weighted by Crippen LogP contribution is -2.27. The topological polar surface area (TPSA) is 76.0 Å². The van der Waals surface area contributed by atoms with Gasteiger partial charge in [0.25, 0.3) is 5.91 Å². The van der Waals surface area contributed by atoms with E-state index in [-0.39, 0.29) is 11.8 Å². The number of aryl methyl sites for hydroxylation is 1. The van der Waals surface area contributed by atoms with Gasteiger partial charge in [0.05, 0.1) is 27.2 Å². The van der Waals surface area contributed by atoms with Crippen molar-refractivity contribution in [2.24, 2.45) is 5.41 Å². The van der Waals surface area contributed by atoms with Crippen LogP contribution in [0.4, 0.5) is 5.00 Å². The summed E-state index contributed by atoms with van der Waals surface area (Å²) in [6, 6.07) is 18.1. The summed E-state index contributed by atoms with van der Waals surface area (Å²) in [5.41, 5.74) is 4.65. The number of hydrogen-bond donors (Lipinski definition) is 2. The largest absolute Gasteiger partial charge is 0.347 e.